The van der Waals surface area contributed by atoms with Crippen LogP contribution in [0.4, 0.5) is 0 Å². The van der Waals surface area contributed by atoms with Crippen LogP contribution in [0, 0.1) is 0 Å². The summed E-state index contributed by atoms with van der Waals surface area (Å²) in [6, 6.07) is 5.69. The van der Waals surface area contributed by atoms with Gasteiger partial charge >= 0.3 is 0 Å². The van der Waals surface area contributed by atoms with E-state index in [0.717, 1.165) is 16.3 Å². The molecule has 2 heterocycles. The Hall–Kier alpha value is -1.87. The number of halogens is 1. The van der Waals surface area contributed by atoms with Crippen molar-refractivity contribution in [2.75, 3.05) is 33.6 Å². The van der Waals surface area contributed by atoms with Crippen molar-refractivity contribution in [3.8, 4) is 11.5 Å². The highest BCUT2D eigenvalue weighted by molar-refractivity contribution is 7.09. The zero-order valence-electron chi connectivity index (χ0n) is 14.5. The van der Waals surface area contributed by atoms with Crippen LogP contribution in [-0.2, 0) is 17.7 Å². The highest BCUT2D eigenvalue weighted by Gasteiger charge is 2.20. The van der Waals surface area contributed by atoms with Gasteiger partial charge in [-0.1, -0.05) is 6.07 Å². The van der Waals surface area contributed by atoms with Crippen LogP contribution < -0.4 is 15.2 Å². The first-order valence-electron chi connectivity index (χ1n) is 8.02. The smallest absolute Gasteiger partial charge is 0.273 e. The number of thiazole rings is 1. The molecule has 1 aliphatic heterocycles. The fraction of sp³-hybridized carbons (Fsp3) is 0.412. The minimum Gasteiger partial charge on any atom is -0.454 e. The number of hydrogen-bond acceptors (Lipinski definition) is 7. The molecular formula is C17H22ClN3O4S. The number of hydrogen-bond donors (Lipinski definition) is 1. The summed E-state index contributed by atoms with van der Waals surface area (Å²) in [5.41, 5.74) is 6.96. The molecule has 26 heavy (non-hydrogen) atoms. The summed E-state index contributed by atoms with van der Waals surface area (Å²) in [6.45, 7) is 2.13. The Kier molecular flexibility index (Phi) is 7.65. The number of nitrogens with two attached hydrogens (primary N) is 1. The molecule has 142 valence electrons. The molecule has 0 fully saturated rings. The number of ether oxygens (including phenoxy) is 3. The third kappa shape index (κ3) is 4.85. The van der Waals surface area contributed by atoms with Crippen molar-refractivity contribution in [1.29, 1.82) is 0 Å². The number of carbonyl (C=O) groups is 1. The van der Waals surface area contributed by atoms with Gasteiger partial charge in [0.2, 0.25) is 6.79 Å². The van der Waals surface area contributed by atoms with Crippen LogP contribution >= 0.6 is 23.7 Å². The maximum Gasteiger partial charge on any atom is 0.273 e. The van der Waals surface area contributed by atoms with Crippen molar-refractivity contribution in [1.82, 2.24) is 9.88 Å². The highest BCUT2D eigenvalue weighted by atomic mass is 35.5. The number of fused-ring (bicyclic) bond motifs is 1. The lowest BCUT2D eigenvalue weighted by Crippen LogP contribution is -2.33. The molecule has 2 N–H and O–H groups in total. The summed E-state index contributed by atoms with van der Waals surface area (Å²) < 4.78 is 15.9. The van der Waals surface area contributed by atoms with E-state index >= 15 is 0 Å². The topological polar surface area (TPSA) is 86.9 Å². The number of carbonyl (C=O) groups excluding carboxylic acids is 1. The molecule has 1 amide bonds. The molecule has 1 aliphatic rings. The van der Waals surface area contributed by atoms with Crippen LogP contribution in [0.3, 0.4) is 0 Å². The maximum absolute atomic E-state index is 12.8. The molecule has 7 nitrogen and oxygen atoms in total. The highest BCUT2D eigenvalue weighted by Crippen LogP contribution is 2.32. The Morgan fingerprint density at radius 1 is 1.38 bits per heavy atom. The van der Waals surface area contributed by atoms with E-state index in [4.69, 9.17) is 19.9 Å². The first-order chi connectivity index (χ1) is 12.2. The molecule has 0 spiro atoms. The Morgan fingerprint density at radius 3 is 2.96 bits per heavy atom. The lowest BCUT2D eigenvalue weighted by atomic mass is 10.2. The number of nitrogens with zero attached hydrogens (tertiary/aromatic N) is 2. The van der Waals surface area contributed by atoms with Gasteiger partial charge in [-0.3, -0.25) is 4.79 Å². The summed E-state index contributed by atoms with van der Waals surface area (Å²) in [7, 11) is 1.62. The van der Waals surface area contributed by atoms with Crippen LogP contribution in [0.5, 0.6) is 11.5 Å². The number of amides is 1. The van der Waals surface area contributed by atoms with E-state index in [1.165, 1.54) is 11.3 Å². The van der Waals surface area contributed by atoms with Crippen molar-refractivity contribution in [2.24, 2.45) is 5.73 Å². The van der Waals surface area contributed by atoms with Crippen molar-refractivity contribution < 1.29 is 19.0 Å². The molecule has 9 heteroatoms. The van der Waals surface area contributed by atoms with Crippen LogP contribution in [-0.4, -0.2) is 49.4 Å². The second-order valence-corrected chi connectivity index (χ2v) is 6.51. The van der Waals surface area contributed by atoms with Crippen LogP contribution in [0.2, 0.25) is 0 Å². The van der Waals surface area contributed by atoms with Crippen molar-refractivity contribution in [3.05, 3.63) is 39.8 Å². The second kappa shape index (κ2) is 9.72. The van der Waals surface area contributed by atoms with Gasteiger partial charge in [-0.15, -0.1) is 23.7 Å². The predicted octanol–water partition coefficient (Wildman–Crippen LogP) is 2.08. The van der Waals surface area contributed by atoms with Gasteiger partial charge in [-0.2, -0.15) is 0 Å². The van der Waals surface area contributed by atoms with Gasteiger partial charge in [0.25, 0.3) is 5.91 Å². The Balaban J connectivity index is 0.00000243. The van der Waals surface area contributed by atoms with E-state index in [-0.39, 0.29) is 25.1 Å². The normalized spacial score (nSPS) is 11.9. The molecule has 0 aliphatic carbocycles. The summed E-state index contributed by atoms with van der Waals surface area (Å²) in [6.07, 6.45) is 0.679. The minimum atomic E-state index is -0.116. The molecule has 0 radical (unpaired) electrons. The SMILES string of the molecule is COCCN(Cc1ccc2c(c1)OCO2)C(=O)c1csc(CCN)n1.Cl. The molecule has 1 aromatic heterocycles. The van der Waals surface area contributed by atoms with Gasteiger partial charge in [-0.25, -0.2) is 4.98 Å². The molecule has 0 saturated heterocycles. The number of aromatic nitrogens is 1. The fourth-order valence-corrected chi connectivity index (χ4v) is 3.31. The molecule has 0 saturated carbocycles. The van der Waals surface area contributed by atoms with Gasteiger partial charge in [0.1, 0.15) is 5.69 Å². The first-order valence-corrected chi connectivity index (χ1v) is 8.90. The third-order valence-electron chi connectivity index (χ3n) is 3.79. The van der Waals surface area contributed by atoms with Crippen molar-refractivity contribution in [3.63, 3.8) is 0 Å². The van der Waals surface area contributed by atoms with E-state index in [1.54, 1.807) is 17.4 Å². The number of methoxy groups -OCH3 is 1. The average molecular weight is 400 g/mol. The lowest BCUT2D eigenvalue weighted by Gasteiger charge is -2.21. The zero-order chi connectivity index (χ0) is 17.6. The van der Waals surface area contributed by atoms with E-state index in [0.29, 0.717) is 44.1 Å². The standard InChI is InChI=1S/C17H21N3O4S.ClH/c1-22-7-6-20(17(21)13-10-25-16(19-13)4-5-18)9-12-2-3-14-15(8-12)24-11-23-14;/h2-3,8,10H,4-7,9,11,18H2,1H3;1H. The fourth-order valence-electron chi connectivity index (χ4n) is 2.52. The summed E-state index contributed by atoms with van der Waals surface area (Å²) in [4.78, 5) is 18.9. The van der Waals surface area contributed by atoms with Crippen LogP contribution in [0.15, 0.2) is 23.6 Å². The van der Waals surface area contributed by atoms with E-state index in [1.807, 2.05) is 18.2 Å². The summed E-state index contributed by atoms with van der Waals surface area (Å²) in [5, 5.41) is 2.66. The Labute approximate surface area is 162 Å². The zero-order valence-corrected chi connectivity index (χ0v) is 16.1. The first kappa shape index (κ1) is 20.4. The number of rotatable bonds is 8. The van der Waals surface area contributed by atoms with Gasteiger partial charge in [0.05, 0.1) is 11.6 Å². The van der Waals surface area contributed by atoms with E-state index < -0.39 is 0 Å². The van der Waals surface area contributed by atoms with Crippen molar-refractivity contribution in [2.45, 2.75) is 13.0 Å². The van der Waals surface area contributed by atoms with E-state index in [2.05, 4.69) is 4.98 Å². The molecule has 2 aromatic rings. The number of benzene rings is 1. The molecule has 0 atom stereocenters. The van der Waals surface area contributed by atoms with Crippen molar-refractivity contribution >= 4 is 29.7 Å². The molecule has 1 aromatic carbocycles. The van der Waals surface area contributed by atoms with Gasteiger partial charge in [0, 0.05) is 32.0 Å². The lowest BCUT2D eigenvalue weighted by molar-refractivity contribution is 0.0675. The molecule has 0 bridgehead atoms. The summed E-state index contributed by atoms with van der Waals surface area (Å²) >= 11 is 1.46. The maximum atomic E-state index is 12.8. The Morgan fingerprint density at radius 2 is 2.19 bits per heavy atom. The van der Waals surface area contributed by atoms with Crippen LogP contribution in [0.25, 0.3) is 0 Å². The quantitative estimate of drug-likeness (QED) is 0.731. The van der Waals surface area contributed by atoms with Crippen LogP contribution in [0.1, 0.15) is 21.1 Å². The molecule has 0 unspecified atom stereocenters. The minimum absolute atomic E-state index is 0. The second-order valence-electron chi connectivity index (χ2n) is 5.57. The molecular weight excluding hydrogens is 378 g/mol. The van der Waals surface area contributed by atoms with Gasteiger partial charge in [-0.05, 0) is 24.2 Å². The monoisotopic (exact) mass is 399 g/mol. The third-order valence-corrected chi connectivity index (χ3v) is 4.70. The Bertz CT molecular complexity index is 741. The summed E-state index contributed by atoms with van der Waals surface area (Å²) in [5.74, 6) is 1.31. The molecule has 3 rings (SSSR count). The van der Waals surface area contributed by atoms with Gasteiger partial charge < -0.3 is 24.8 Å². The van der Waals surface area contributed by atoms with Gasteiger partial charge in [0.15, 0.2) is 11.5 Å². The predicted molar refractivity (Wildman–Crippen MR) is 101 cm³/mol. The average Bonchev–Trinajstić information content (AvgIpc) is 3.27. The van der Waals surface area contributed by atoms with E-state index in [9.17, 15) is 4.79 Å². The largest absolute Gasteiger partial charge is 0.454 e.